The molecule has 0 unspecified atom stereocenters. The maximum atomic E-state index is 12.0. The molecular weight excluding hydrogens is 310 g/mol. The first-order chi connectivity index (χ1) is 8.90. The van der Waals surface area contributed by atoms with Crippen molar-refractivity contribution in [2.75, 3.05) is 4.72 Å². The van der Waals surface area contributed by atoms with Crippen molar-refractivity contribution in [2.24, 2.45) is 0 Å². The Morgan fingerprint density at radius 2 is 2.05 bits per heavy atom. The zero-order valence-corrected chi connectivity index (χ0v) is 11.7. The highest BCUT2D eigenvalue weighted by atomic mass is 35.5. The Hall–Kier alpha value is -1.57. The molecule has 0 saturated carbocycles. The minimum Gasteiger partial charge on any atom is -0.478 e. The predicted molar refractivity (Wildman–Crippen MR) is 73.5 cm³/mol. The van der Waals surface area contributed by atoms with Crippen molar-refractivity contribution in [3.05, 3.63) is 46.3 Å². The number of hydrogen-bond acceptors (Lipinski definition) is 4. The molecule has 19 heavy (non-hydrogen) atoms. The van der Waals surface area contributed by atoms with Gasteiger partial charge in [0, 0.05) is 5.02 Å². The number of carboxylic acid groups (broad SMARTS) is 1. The zero-order valence-electron chi connectivity index (χ0n) is 9.33. The van der Waals surface area contributed by atoms with Crippen LogP contribution in [-0.4, -0.2) is 19.5 Å². The van der Waals surface area contributed by atoms with E-state index in [1.807, 2.05) is 0 Å². The summed E-state index contributed by atoms with van der Waals surface area (Å²) in [6.45, 7) is 0. The van der Waals surface area contributed by atoms with E-state index in [1.165, 1.54) is 24.3 Å². The van der Waals surface area contributed by atoms with Crippen LogP contribution in [0.25, 0.3) is 0 Å². The normalized spacial score (nSPS) is 11.2. The van der Waals surface area contributed by atoms with Crippen LogP contribution in [0.1, 0.15) is 10.4 Å². The standard InChI is InChI=1S/C11H8ClNO4S2/c12-7-3-4-8(11(14)15)9(6-7)13-19(16,17)10-2-1-5-18-10/h1-6,13H,(H,14,15). The molecule has 0 aliphatic heterocycles. The third-order valence-electron chi connectivity index (χ3n) is 2.22. The molecule has 2 N–H and O–H groups in total. The van der Waals surface area contributed by atoms with Crippen molar-refractivity contribution in [3.8, 4) is 0 Å². The van der Waals surface area contributed by atoms with Crippen LogP contribution in [0.5, 0.6) is 0 Å². The summed E-state index contributed by atoms with van der Waals surface area (Å²) < 4.78 is 26.4. The van der Waals surface area contributed by atoms with Crippen LogP contribution < -0.4 is 4.72 Å². The summed E-state index contributed by atoms with van der Waals surface area (Å²) in [6.07, 6.45) is 0. The second-order valence-corrected chi connectivity index (χ2v) is 6.83. The van der Waals surface area contributed by atoms with Gasteiger partial charge >= 0.3 is 5.97 Å². The van der Waals surface area contributed by atoms with E-state index in [2.05, 4.69) is 4.72 Å². The van der Waals surface area contributed by atoms with E-state index >= 15 is 0 Å². The molecular formula is C11H8ClNO4S2. The Morgan fingerprint density at radius 3 is 2.63 bits per heavy atom. The van der Waals surface area contributed by atoms with Gasteiger partial charge in [-0.2, -0.15) is 0 Å². The van der Waals surface area contributed by atoms with E-state index in [9.17, 15) is 13.2 Å². The van der Waals surface area contributed by atoms with E-state index in [4.69, 9.17) is 16.7 Å². The maximum Gasteiger partial charge on any atom is 0.337 e. The summed E-state index contributed by atoms with van der Waals surface area (Å²) in [7, 11) is -3.80. The molecule has 1 aromatic carbocycles. The Kier molecular flexibility index (Phi) is 3.79. The number of aromatic carboxylic acids is 1. The minimum absolute atomic E-state index is 0.0617. The van der Waals surface area contributed by atoms with Gasteiger partial charge < -0.3 is 5.11 Å². The summed E-state index contributed by atoms with van der Waals surface area (Å²) in [6, 6.07) is 6.91. The van der Waals surface area contributed by atoms with Crippen molar-refractivity contribution in [1.82, 2.24) is 0 Å². The number of carbonyl (C=O) groups is 1. The van der Waals surface area contributed by atoms with Crippen molar-refractivity contribution in [3.63, 3.8) is 0 Å². The molecule has 2 rings (SSSR count). The molecule has 0 spiro atoms. The van der Waals surface area contributed by atoms with Crippen molar-refractivity contribution in [1.29, 1.82) is 0 Å². The third kappa shape index (κ3) is 3.06. The Bertz CT molecular complexity index is 710. The van der Waals surface area contributed by atoms with E-state index < -0.39 is 16.0 Å². The smallest absolute Gasteiger partial charge is 0.337 e. The van der Waals surface area contributed by atoms with Gasteiger partial charge in [-0.15, -0.1) is 11.3 Å². The third-order valence-corrected chi connectivity index (χ3v) is 5.21. The Labute approximate surface area is 118 Å². The highest BCUT2D eigenvalue weighted by molar-refractivity contribution is 7.94. The predicted octanol–water partition coefficient (Wildman–Crippen LogP) is 2.90. The van der Waals surface area contributed by atoms with E-state index in [-0.39, 0.29) is 20.5 Å². The Balaban J connectivity index is 2.44. The topological polar surface area (TPSA) is 83.5 Å². The van der Waals surface area contributed by atoms with Gasteiger partial charge in [0.1, 0.15) is 4.21 Å². The van der Waals surface area contributed by atoms with Crippen LogP contribution in [0.2, 0.25) is 5.02 Å². The molecule has 1 heterocycles. The fourth-order valence-corrected chi connectivity index (χ4v) is 3.63. The Morgan fingerprint density at radius 1 is 1.32 bits per heavy atom. The molecule has 100 valence electrons. The van der Waals surface area contributed by atoms with Gasteiger partial charge in [0.25, 0.3) is 10.0 Å². The number of hydrogen-bond donors (Lipinski definition) is 2. The van der Waals surface area contributed by atoms with Gasteiger partial charge in [0.05, 0.1) is 11.3 Å². The van der Waals surface area contributed by atoms with Gasteiger partial charge in [-0.05, 0) is 29.6 Å². The number of benzene rings is 1. The van der Waals surface area contributed by atoms with Crippen LogP contribution in [0.15, 0.2) is 39.9 Å². The molecule has 8 heteroatoms. The number of sulfonamides is 1. The number of rotatable bonds is 4. The number of thiophene rings is 1. The van der Waals surface area contributed by atoms with E-state index in [0.29, 0.717) is 0 Å². The monoisotopic (exact) mass is 317 g/mol. The van der Waals surface area contributed by atoms with Crippen LogP contribution in [-0.2, 0) is 10.0 Å². The lowest BCUT2D eigenvalue weighted by Crippen LogP contribution is -2.14. The first kappa shape index (κ1) is 13.9. The number of carboxylic acids is 1. The van der Waals surface area contributed by atoms with Gasteiger partial charge in [-0.3, -0.25) is 4.72 Å². The van der Waals surface area contributed by atoms with E-state index in [0.717, 1.165) is 11.3 Å². The van der Waals surface area contributed by atoms with Crippen LogP contribution in [0, 0.1) is 0 Å². The molecule has 2 aromatic rings. The average Bonchev–Trinajstić information content (AvgIpc) is 2.81. The summed E-state index contributed by atoms with van der Waals surface area (Å²) in [4.78, 5) is 11.0. The molecule has 0 radical (unpaired) electrons. The van der Waals surface area contributed by atoms with Crippen LogP contribution in [0.4, 0.5) is 5.69 Å². The number of halogens is 1. The molecule has 0 aliphatic carbocycles. The first-order valence-corrected chi connectivity index (χ1v) is 7.73. The van der Waals surface area contributed by atoms with Crippen molar-refractivity contribution < 1.29 is 18.3 Å². The first-order valence-electron chi connectivity index (χ1n) is 4.99. The second kappa shape index (κ2) is 5.20. The highest BCUT2D eigenvalue weighted by Gasteiger charge is 2.19. The summed E-state index contributed by atoms with van der Waals surface area (Å²) in [5.41, 5.74) is -0.224. The fourth-order valence-electron chi connectivity index (χ4n) is 1.40. The molecule has 0 amide bonds. The van der Waals surface area contributed by atoms with Crippen LogP contribution >= 0.6 is 22.9 Å². The minimum atomic E-state index is -3.80. The zero-order chi connectivity index (χ0) is 14.0. The van der Waals surface area contributed by atoms with Crippen LogP contribution in [0.3, 0.4) is 0 Å². The van der Waals surface area contributed by atoms with Gasteiger partial charge in [0.15, 0.2) is 0 Å². The quantitative estimate of drug-likeness (QED) is 0.908. The molecule has 5 nitrogen and oxygen atoms in total. The molecule has 0 aliphatic rings. The summed E-state index contributed by atoms with van der Waals surface area (Å²) in [5.74, 6) is -1.24. The van der Waals surface area contributed by atoms with E-state index in [1.54, 1.807) is 11.4 Å². The SMILES string of the molecule is O=C(O)c1ccc(Cl)cc1NS(=O)(=O)c1cccs1. The highest BCUT2D eigenvalue weighted by Crippen LogP contribution is 2.25. The summed E-state index contributed by atoms with van der Waals surface area (Å²) >= 11 is 6.79. The molecule has 0 atom stereocenters. The fraction of sp³-hybridized carbons (Fsp3) is 0. The average molecular weight is 318 g/mol. The van der Waals surface area contributed by atoms with Crippen molar-refractivity contribution in [2.45, 2.75) is 4.21 Å². The lowest BCUT2D eigenvalue weighted by atomic mass is 10.2. The van der Waals surface area contributed by atoms with Gasteiger partial charge in [-0.25, -0.2) is 13.2 Å². The van der Waals surface area contributed by atoms with Gasteiger partial charge in [-0.1, -0.05) is 17.7 Å². The molecule has 0 fully saturated rings. The number of anilines is 1. The molecule has 0 saturated heterocycles. The maximum absolute atomic E-state index is 12.0. The number of nitrogens with one attached hydrogen (secondary N) is 1. The second-order valence-electron chi connectivity index (χ2n) is 3.53. The molecule has 1 aromatic heterocycles. The van der Waals surface area contributed by atoms with Crippen molar-refractivity contribution >= 4 is 44.6 Å². The molecule has 0 bridgehead atoms. The lowest BCUT2D eigenvalue weighted by Gasteiger charge is -2.09. The van der Waals surface area contributed by atoms with Gasteiger partial charge in [0.2, 0.25) is 0 Å². The lowest BCUT2D eigenvalue weighted by molar-refractivity contribution is 0.0698. The summed E-state index contributed by atoms with van der Waals surface area (Å²) in [5, 5.41) is 10.9. The largest absolute Gasteiger partial charge is 0.478 e.